The highest BCUT2D eigenvalue weighted by Gasteiger charge is 2.27. The van der Waals surface area contributed by atoms with Crippen LogP contribution in [0.4, 0.5) is 8.78 Å². The van der Waals surface area contributed by atoms with Crippen LogP contribution in [-0.4, -0.2) is 11.9 Å². The van der Waals surface area contributed by atoms with E-state index < -0.39 is 11.6 Å². The van der Waals surface area contributed by atoms with Gasteiger partial charge in [0.15, 0.2) is 0 Å². The van der Waals surface area contributed by atoms with Crippen LogP contribution in [0.3, 0.4) is 0 Å². The van der Waals surface area contributed by atoms with Gasteiger partial charge in [0.2, 0.25) is 0 Å². The first kappa shape index (κ1) is 15.5. The molecule has 4 heteroatoms. The molecule has 0 unspecified atom stereocenters. The lowest BCUT2D eigenvalue weighted by Gasteiger charge is -2.31. The van der Waals surface area contributed by atoms with Crippen molar-refractivity contribution in [1.29, 1.82) is 0 Å². The Morgan fingerprint density at radius 1 is 1.00 bits per heavy atom. The van der Waals surface area contributed by atoms with Crippen LogP contribution in [0.5, 0.6) is 0 Å². The Bertz CT molecular complexity index is 817. The summed E-state index contributed by atoms with van der Waals surface area (Å²) in [5, 5.41) is 0.267. The van der Waals surface area contributed by atoms with Gasteiger partial charge in [-0.25, -0.2) is 8.78 Å². The van der Waals surface area contributed by atoms with Crippen molar-refractivity contribution in [2.75, 3.05) is 7.05 Å². The van der Waals surface area contributed by atoms with E-state index in [9.17, 15) is 8.78 Å². The Morgan fingerprint density at radius 2 is 1.70 bits per heavy atom. The molecule has 0 saturated heterocycles. The van der Waals surface area contributed by atoms with Crippen LogP contribution in [0.1, 0.15) is 11.1 Å². The van der Waals surface area contributed by atoms with Gasteiger partial charge in [0.25, 0.3) is 0 Å². The Kier molecular flexibility index (Phi) is 4.05. The Balaban J connectivity index is 2.36. The van der Waals surface area contributed by atoms with E-state index in [1.165, 1.54) is 23.1 Å². The molecule has 0 fully saturated rings. The maximum absolute atomic E-state index is 14.4. The van der Waals surface area contributed by atoms with Crippen molar-refractivity contribution in [3.8, 4) is 0 Å². The van der Waals surface area contributed by atoms with E-state index in [-0.39, 0.29) is 16.3 Å². The number of nitrogens with zero attached hydrogens (tertiary/aromatic N) is 1. The van der Waals surface area contributed by atoms with Crippen LogP contribution in [-0.2, 0) is 0 Å². The zero-order valence-corrected chi connectivity index (χ0v) is 13.2. The van der Waals surface area contributed by atoms with Gasteiger partial charge >= 0.3 is 0 Å². The second-order valence-electron chi connectivity index (χ2n) is 5.22. The Hall–Kier alpha value is -2.39. The molecule has 2 aromatic rings. The molecule has 1 nitrogen and oxygen atoms in total. The lowest BCUT2D eigenvalue weighted by Crippen LogP contribution is -2.21. The number of likely N-dealkylation sites (N-methyl/N-ethyl adjacent to an activating group) is 1. The number of halogens is 3. The van der Waals surface area contributed by atoms with Crippen LogP contribution < -0.4 is 0 Å². The van der Waals surface area contributed by atoms with E-state index in [1.54, 1.807) is 13.1 Å². The number of benzene rings is 2. The zero-order chi connectivity index (χ0) is 16.6. The molecule has 116 valence electrons. The summed E-state index contributed by atoms with van der Waals surface area (Å²) < 4.78 is 28.6. The van der Waals surface area contributed by atoms with E-state index in [0.29, 0.717) is 11.3 Å². The minimum Gasteiger partial charge on any atom is -0.342 e. The van der Waals surface area contributed by atoms with Crippen molar-refractivity contribution in [3.05, 3.63) is 94.7 Å². The predicted molar refractivity (Wildman–Crippen MR) is 90.8 cm³/mol. The van der Waals surface area contributed by atoms with Crippen molar-refractivity contribution in [3.63, 3.8) is 0 Å². The van der Waals surface area contributed by atoms with Crippen molar-refractivity contribution in [1.82, 2.24) is 4.90 Å². The Labute approximate surface area is 138 Å². The van der Waals surface area contributed by atoms with Gasteiger partial charge in [0, 0.05) is 12.6 Å². The summed E-state index contributed by atoms with van der Waals surface area (Å²) in [7, 11) is 1.65. The smallest absolute Gasteiger partial charge is 0.146 e. The average Bonchev–Trinajstić information content (AvgIpc) is 2.55. The van der Waals surface area contributed by atoms with E-state index in [2.05, 4.69) is 6.58 Å². The molecule has 0 saturated carbocycles. The quantitative estimate of drug-likeness (QED) is 0.687. The normalized spacial score (nSPS) is 15.0. The summed E-state index contributed by atoms with van der Waals surface area (Å²) in [4.78, 5) is 1.53. The summed E-state index contributed by atoms with van der Waals surface area (Å²) in [5.41, 5.74) is 2.23. The fourth-order valence-corrected chi connectivity index (χ4v) is 2.87. The summed E-state index contributed by atoms with van der Waals surface area (Å²) in [6.45, 7) is 3.72. The summed E-state index contributed by atoms with van der Waals surface area (Å²) in [5.74, 6) is -0.918. The lowest BCUT2D eigenvalue weighted by molar-refractivity contribution is 0.524. The molecule has 3 rings (SSSR count). The highest BCUT2D eigenvalue weighted by Crippen LogP contribution is 2.41. The number of hydrogen-bond acceptors (Lipinski definition) is 1. The molecule has 2 aromatic carbocycles. The third kappa shape index (κ3) is 2.68. The van der Waals surface area contributed by atoms with Crippen LogP contribution >= 0.6 is 11.6 Å². The maximum Gasteiger partial charge on any atom is 0.146 e. The molecule has 1 aliphatic heterocycles. The van der Waals surface area contributed by atoms with Gasteiger partial charge in [-0.15, -0.1) is 0 Å². The fraction of sp³-hybridized carbons (Fsp3) is 0.0526. The van der Waals surface area contributed by atoms with E-state index in [1.807, 2.05) is 30.3 Å². The molecule has 0 radical (unpaired) electrons. The third-order valence-corrected chi connectivity index (χ3v) is 4.14. The molecule has 0 N–H and O–H groups in total. The molecule has 23 heavy (non-hydrogen) atoms. The van der Waals surface area contributed by atoms with E-state index in [4.69, 9.17) is 11.6 Å². The molecule has 0 atom stereocenters. The number of hydrogen-bond donors (Lipinski definition) is 0. The second-order valence-corrected chi connectivity index (χ2v) is 5.63. The third-order valence-electron chi connectivity index (χ3n) is 3.83. The van der Waals surface area contributed by atoms with Gasteiger partial charge in [0.05, 0.1) is 22.0 Å². The van der Waals surface area contributed by atoms with Crippen molar-refractivity contribution in [2.24, 2.45) is 0 Å². The first-order chi connectivity index (χ1) is 11.0. The highest BCUT2D eigenvalue weighted by atomic mass is 35.5. The van der Waals surface area contributed by atoms with Gasteiger partial charge in [-0.05, 0) is 23.8 Å². The molecule has 1 heterocycles. The molecule has 1 aliphatic rings. The van der Waals surface area contributed by atoms with Gasteiger partial charge in [-0.1, -0.05) is 54.6 Å². The minimum atomic E-state index is -0.462. The first-order valence-corrected chi connectivity index (χ1v) is 7.42. The predicted octanol–water partition coefficient (Wildman–Crippen LogP) is 5.66. The van der Waals surface area contributed by atoms with Crippen LogP contribution in [0, 0.1) is 5.82 Å². The largest absolute Gasteiger partial charge is 0.342 e. The molecular weight excluding hydrogens is 316 g/mol. The maximum atomic E-state index is 14.4. The number of allylic oxidation sites excluding steroid dienone is 3. The second kappa shape index (κ2) is 6.01. The fourth-order valence-electron chi connectivity index (χ4n) is 2.62. The van der Waals surface area contributed by atoms with Gasteiger partial charge in [-0.3, -0.25) is 0 Å². The van der Waals surface area contributed by atoms with Crippen LogP contribution in [0.2, 0.25) is 5.02 Å². The van der Waals surface area contributed by atoms with E-state index in [0.717, 1.165) is 5.56 Å². The first-order valence-electron chi connectivity index (χ1n) is 7.05. The molecule has 0 spiro atoms. The highest BCUT2D eigenvalue weighted by molar-refractivity contribution is 6.32. The zero-order valence-electron chi connectivity index (χ0n) is 12.5. The van der Waals surface area contributed by atoms with Crippen molar-refractivity contribution < 1.29 is 8.78 Å². The molecular formula is C19H14ClF2N. The molecule has 0 bridgehead atoms. The number of rotatable bonds is 2. The van der Waals surface area contributed by atoms with Gasteiger partial charge in [0.1, 0.15) is 11.6 Å². The Morgan fingerprint density at radius 3 is 2.35 bits per heavy atom. The topological polar surface area (TPSA) is 3.24 Å². The minimum absolute atomic E-state index is 0.166. The SMILES string of the molecule is C=C1C(F)=CC(c2ccccc2)=C(c2c(F)cccc2Cl)N1C. The van der Waals surface area contributed by atoms with Crippen molar-refractivity contribution in [2.45, 2.75) is 0 Å². The van der Waals surface area contributed by atoms with Gasteiger partial charge in [-0.2, -0.15) is 0 Å². The standard InChI is InChI=1S/C19H14ClF2N/c1-12-17(22)11-14(13-7-4-3-5-8-13)19(23(12)2)18-15(20)9-6-10-16(18)21/h3-11H,1H2,2H3. The van der Waals surface area contributed by atoms with Crippen LogP contribution in [0.25, 0.3) is 11.3 Å². The van der Waals surface area contributed by atoms with Crippen molar-refractivity contribution >= 4 is 22.9 Å². The summed E-state index contributed by atoms with van der Waals surface area (Å²) >= 11 is 6.22. The lowest BCUT2D eigenvalue weighted by atomic mass is 9.94. The summed E-state index contributed by atoms with van der Waals surface area (Å²) in [6, 6.07) is 13.7. The monoisotopic (exact) mass is 329 g/mol. The van der Waals surface area contributed by atoms with E-state index >= 15 is 0 Å². The molecule has 0 aliphatic carbocycles. The molecule has 0 amide bonds. The summed E-state index contributed by atoms with van der Waals surface area (Å²) in [6.07, 6.45) is 1.37. The molecule has 0 aromatic heterocycles. The van der Waals surface area contributed by atoms with Gasteiger partial charge < -0.3 is 4.90 Å². The average molecular weight is 330 g/mol. The van der Waals surface area contributed by atoms with Crippen LogP contribution in [0.15, 0.2) is 72.7 Å².